The summed E-state index contributed by atoms with van der Waals surface area (Å²) < 4.78 is 13.8. The van der Waals surface area contributed by atoms with Crippen molar-refractivity contribution in [3.05, 3.63) is 28.0 Å². The van der Waals surface area contributed by atoms with Crippen molar-refractivity contribution >= 4 is 34.8 Å². The van der Waals surface area contributed by atoms with Gasteiger partial charge in [-0.3, -0.25) is 4.79 Å². The number of anilines is 1. The molecule has 1 heterocycles. The molecule has 1 saturated heterocycles. The lowest BCUT2D eigenvalue weighted by atomic mass is 10.1. The highest BCUT2D eigenvalue weighted by Crippen LogP contribution is 2.33. The van der Waals surface area contributed by atoms with Crippen molar-refractivity contribution in [2.75, 3.05) is 18.1 Å². The molecule has 0 aliphatic carbocycles. The van der Waals surface area contributed by atoms with Crippen LogP contribution >= 0.6 is 23.2 Å². The molecule has 6 heteroatoms. The van der Waals surface area contributed by atoms with E-state index in [1.807, 2.05) is 0 Å². The molecule has 0 radical (unpaired) electrons. The van der Waals surface area contributed by atoms with E-state index in [2.05, 4.69) is 0 Å². The second-order valence-electron chi connectivity index (χ2n) is 3.98. The molecule has 3 nitrogen and oxygen atoms in total. The lowest BCUT2D eigenvalue weighted by molar-refractivity contribution is -0.117. The van der Waals surface area contributed by atoms with Gasteiger partial charge in [0.15, 0.2) is 5.82 Å². The third-order valence-electron chi connectivity index (χ3n) is 2.73. The minimum absolute atomic E-state index is 0.0726. The smallest absolute Gasteiger partial charge is 0.227 e. The monoisotopic (exact) mass is 277 g/mol. The Morgan fingerprint density at radius 1 is 1.47 bits per heavy atom. The number of hydrogen-bond acceptors (Lipinski definition) is 2. The van der Waals surface area contributed by atoms with Crippen LogP contribution in [0.1, 0.15) is 6.42 Å². The maximum Gasteiger partial charge on any atom is 0.227 e. The number of rotatable bonds is 2. The molecule has 1 unspecified atom stereocenters. The zero-order valence-electron chi connectivity index (χ0n) is 8.79. The van der Waals surface area contributed by atoms with Gasteiger partial charge in [-0.15, -0.1) is 0 Å². The summed E-state index contributed by atoms with van der Waals surface area (Å²) in [6.07, 6.45) is 0.208. The van der Waals surface area contributed by atoms with Crippen molar-refractivity contribution < 1.29 is 14.3 Å². The quantitative estimate of drug-likeness (QED) is 0.844. The fraction of sp³-hybridized carbons (Fsp3) is 0.364. The van der Waals surface area contributed by atoms with Gasteiger partial charge in [0.2, 0.25) is 5.91 Å². The predicted molar refractivity (Wildman–Crippen MR) is 64.0 cm³/mol. The molecule has 1 fully saturated rings. The van der Waals surface area contributed by atoms with Crippen LogP contribution in [0, 0.1) is 11.7 Å². The topological polar surface area (TPSA) is 40.5 Å². The molecule has 0 saturated carbocycles. The van der Waals surface area contributed by atoms with Crippen LogP contribution in [0.25, 0.3) is 0 Å². The third kappa shape index (κ3) is 2.39. The average Bonchev–Trinajstić information content (AvgIpc) is 2.65. The predicted octanol–water partition coefficient (Wildman–Crippen LogP) is 2.48. The highest BCUT2D eigenvalue weighted by Gasteiger charge is 2.32. The number of carbonyl (C=O) groups excluding carboxylic acids is 1. The van der Waals surface area contributed by atoms with Gasteiger partial charge in [-0.1, -0.05) is 23.2 Å². The molecule has 17 heavy (non-hydrogen) atoms. The first-order valence-corrected chi connectivity index (χ1v) is 5.84. The lowest BCUT2D eigenvalue weighted by Gasteiger charge is -2.18. The molecule has 1 atom stereocenters. The number of nitrogens with zero attached hydrogens (tertiary/aromatic N) is 1. The normalized spacial score (nSPS) is 20.1. The molecule has 1 N–H and O–H groups in total. The van der Waals surface area contributed by atoms with Crippen LogP contribution in [-0.2, 0) is 4.79 Å². The maximum atomic E-state index is 13.8. The van der Waals surface area contributed by atoms with Crippen molar-refractivity contribution in [2.45, 2.75) is 6.42 Å². The van der Waals surface area contributed by atoms with E-state index in [9.17, 15) is 9.18 Å². The van der Waals surface area contributed by atoms with Crippen molar-refractivity contribution in [3.8, 4) is 0 Å². The number of benzene rings is 1. The highest BCUT2D eigenvalue weighted by molar-refractivity contribution is 6.35. The number of aliphatic hydroxyl groups excluding tert-OH is 1. The Morgan fingerprint density at radius 2 is 2.18 bits per heavy atom. The Bertz CT molecular complexity index is 467. The van der Waals surface area contributed by atoms with E-state index in [1.165, 1.54) is 17.0 Å². The van der Waals surface area contributed by atoms with Gasteiger partial charge in [-0.2, -0.15) is 0 Å². The van der Waals surface area contributed by atoms with E-state index in [-0.39, 0.29) is 47.1 Å². The molecule has 2 rings (SSSR count). The van der Waals surface area contributed by atoms with Gasteiger partial charge in [0, 0.05) is 30.5 Å². The minimum atomic E-state index is -0.664. The fourth-order valence-corrected chi connectivity index (χ4v) is 2.36. The number of hydrogen-bond donors (Lipinski definition) is 1. The van der Waals surface area contributed by atoms with Crippen molar-refractivity contribution in [3.63, 3.8) is 0 Å². The Morgan fingerprint density at radius 3 is 2.76 bits per heavy atom. The van der Waals surface area contributed by atoms with Crippen molar-refractivity contribution in [2.24, 2.45) is 5.92 Å². The lowest BCUT2D eigenvalue weighted by Crippen LogP contribution is -2.26. The van der Waals surface area contributed by atoms with Crippen LogP contribution in [0.15, 0.2) is 12.1 Å². The first-order chi connectivity index (χ1) is 8.02. The summed E-state index contributed by atoms with van der Waals surface area (Å²) in [7, 11) is 0. The van der Waals surface area contributed by atoms with E-state index in [1.54, 1.807) is 0 Å². The Hall–Kier alpha value is -0.840. The number of carbonyl (C=O) groups is 1. The standard InChI is InChI=1S/C11H10Cl2FNO2/c12-7-2-8(13)11(14)9(3-7)15-4-6(5-16)1-10(15)17/h2-3,6,16H,1,4-5H2. The van der Waals surface area contributed by atoms with Crippen molar-refractivity contribution in [1.82, 2.24) is 0 Å². The van der Waals surface area contributed by atoms with E-state index < -0.39 is 5.82 Å². The second-order valence-corrected chi connectivity index (χ2v) is 4.82. The van der Waals surface area contributed by atoms with Crippen LogP contribution in [0.3, 0.4) is 0 Å². The average molecular weight is 278 g/mol. The van der Waals surface area contributed by atoms with Gasteiger partial charge in [0.05, 0.1) is 10.7 Å². The van der Waals surface area contributed by atoms with Crippen LogP contribution < -0.4 is 4.90 Å². The molecule has 1 aromatic carbocycles. The summed E-state index contributed by atoms with van der Waals surface area (Å²) in [5.74, 6) is -1.07. The minimum Gasteiger partial charge on any atom is -0.396 e. The molecule has 92 valence electrons. The largest absolute Gasteiger partial charge is 0.396 e. The summed E-state index contributed by atoms with van der Waals surface area (Å²) in [6, 6.07) is 2.65. The van der Waals surface area contributed by atoms with Crippen molar-refractivity contribution in [1.29, 1.82) is 0 Å². The summed E-state index contributed by atoms with van der Waals surface area (Å²) in [6.45, 7) is 0.182. The van der Waals surface area contributed by atoms with Gasteiger partial charge >= 0.3 is 0 Å². The number of halogens is 3. The van der Waals surface area contributed by atoms with Crippen LogP contribution in [0.5, 0.6) is 0 Å². The van der Waals surface area contributed by atoms with Crippen LogP contribution in [0.2, 0.25) is 10.0 Å². The fourth-order valence-electron chi connectivity index (χ4n) is 1.88. The van der Waals surface area contributed by atoms with E-state index in [0.29, 0.717) is 0 Å². The molecule has 1 aromatic rings. The number of aliphatic hydroxyl groups is 1. The van der Waals surface area contributed by atoms with Crippen LogP contribution in [-0.4, -0.2) is 24.2 Å². The summed E-state index contributed by atoms with van der Waals surface area (Å²) in [5, 5.41) is 9.15. The first kappa shape index (κ1) is 12.6. The molecular weight excluding hydrogens is 268 g/mol. The maximum absolute atomic E-state index is 13.8. The van der Waals surface area contributed by atoms with Gasteiger partial charge in [-0.25, -0.2) is 4.39 Å². The SMILES string of the molecule is O=C1CC(CO)CN1c1cc(Cl)cc(Cl)c1F. The van der Waals surface area contributed by atoms with Gasteiger partial charge in [0.25, 0.3) is 0 Å². The molecule has 0 aromatic heterocycles. The molecule has 0 spiro atoms. The molecule has 1 aliphatic rings. The Labute approximate surface area is 108 Å². The van der Waals surface area contributed by atoms with Gasteiger partial charge in [-0.05, 0) is 12.1 Å². The summed E-state index contributed by atoms with van der Waals surface area (Å²) in [5.41, 5.74) is 0.0726. The zero-order chi connectivity index (χ0) is 12.6. The van der Waals surface area contributed by atoms with Gasteiger partial charge < -0.3 is 10.0 Å². The first-order valence-electron chi connectivity index (χ1n) is 5.08. The molecule has 1 amide bonds. The summed E-state index contributed by atoms with van der Waals surface area (Å²) >= 11 is 11.4. The molecular formula is C11H10Cl2FNO2. The van der Waals surface area contributed by atoms with E-state index >= 15 is 0 Å². The summed E-state index contributed by atoms with van der Waals surface area (Å²) in [4.78, 5) is 13.0. The number of amides is 1. The highest BCUT2D eigenvalue weighted by atomic mass is 35.5. The van der Waals surface area contributed by atoms with E-state index in [0.717, 1.165) is 0 Å². The molecule has 1 aliphatic heterocycles. The zero-order valence-corrected chi connectivity index (χ0v) is 10.3. The van der Waals surface area contributed by atoms with Gasteiger partial charge in [0.1, 0.15) is 0 Å². The van der Waals surface area contributed by atoms with Crippen LogP contribution in [0.4, 0.5) is 10.1 Å². The third-order valence-corrected chi connectivity index (χ3v) is 3.22. The Balaban J connectivity index is 2.38. The second kappa shape index (κ2) is 4.80. The Kier molecular flexibility index (Phi) is 3.56. The molecule has 0 bridgehead atoms. The van der Waals surface area contributed by atoms with E-state index in [4.69, 9.17) is 28.3 Å².